The minimum Gasteiger partial charge on any atom is -0.394 e. The van der Waals surface area contributed by atoms with Gasteiger partial charge in [0.1, 0.15) is 12.2 Å². The second-order valence-electron chi connectivity index (χ2n) is 5.60. The Morgan fingerprint density at radius 1 is 1.17 bits per heavy atom. The Hall–Kier alpha value is -2.29. The first-order chi connectivity index (χ1) is 11.5. The molecule has 7 nitrogen and oxygen atoms in total. The summed E-state index contributed by atoms with van der Waals surface area (Å²) < 4.78 is 21.3. The molecule has 0 spiro atoms. The minimum absolute atomic E-state index is 0.0367. The lowest BCUT2D eigenvalue weighted by Crippen LogP contribution is -2.42. The van der Waals surface area contributed by atoms with Crippen molar-refractivity contribution in [3.63, 3.8) is 0 Å². The number of nitrogens with zero attached hydrogens (tertiary/aromatic N) is 2. The van der Waals surface area contributed by atoms with E-state index in [1.807, 2.05) is 6.07 Å². The molecule has 8 heteroatoms. The summed E-state index contributed by atoms with van der Waals surface area (Å²) >= 11 is 0. The van der Waals surface area contributed by atoms with Gasteiger partial charge in [0.25, 0.3) is 5.56 Å². The fraction of sp³-hybridized carbons (Fsp3) is 0.375. The Balaban J connectivity index is 1.98. The van der Waals surface area contributed by atoms with Crippen molar-refractivity contribution in [1.82, 2.24) is 9.13 Å². The van der Waals surface area contributed by atoms with E-state index in [2.05, 4.69) is 0 Å². The summed E-state index contributed by atoms with van der Waals surface area (Å²) in [6.45, 7) is -0.536. The molecule has 2 heterocycles. The topological polar surface area (TPSA) is 93.7 Å². The maximum atomic E-state index is 14.2. The first-order valence-electron chi connectivity index (χ1n) is 7.47. The average Bonchev–Trinajstić information content (AvgIpc) is 2.88. The zero-order valence-corrected chi connectivity index (χ0v) is 12.7. The van der Waals surface area contributed by atoms with Gasteiger partial charge in [-0.3, -0.25) is 13.9 Å². The second kappa shape index (κ2) is 6.68. The molecule has 0 saturated carbocycles. The van der Waals surface area contributed by atoms with Gasteiger partial charge < -0.3 is 14.9 Å². The number of aliphatic hydroxyl groups excluding tert-OH is 2. The van der Waals surface area contributed by atoms with E-state index < -0.39 is 42.5 Å². The van der Waals surface area contributed by atoms with Gasteiger partial charge in [-0.15, -0.1) is 0 Å². The molecule has 0 bridgehead atoms. The van der Waals surface area contributed by atoms with Crippen molar-refractivity contribution in [2.45, 2.75) is 31.2 Å². The summed E-state index contributed by atoms with van der Waals surface area (Å²) in [6, 6.07) is 10.0. The summed E-state index contributed by atoms with van der Waals surface area (Å²) in [6.07, 6.45) is -4.81. The number of halogens is 1. The van der Waals surface area contributed by atoms with Gasteiger partial charge >= 0.3 is 5.69 Å². The van der Waals surface area contributed by atoms with Crippen molar-refractivity contribution in [2.24, 2.45) is 0 Å². The molecular formula is C16H17FN2O5. The molecule has 0 aliphatic carbocycles. The van der Waals surface area contributed by atoms with E-state index in [1.54, 1.807) is 24.3 Å². The van der Waals surface area contributed by atoms with Crippen LogP contribution in [0.25, 0.3) is 0 Å². The van der Waals surface area contributed by atoms with E-state index in [1.165, 1.54) is 0 Å². The molecule has 128 valence electrons. The number of aliphatic hydroxyl groups is 2. The Labute approximate surface area is 136 Å². The normalized spacial score (nSPS) is 26.6. The number of benzene rings is 1. The van der Waals surface area contributed by atoms with Crippen molar-refractivity contribution < 1.29 is 19.3 Å². The van der Waals surface area contributed by atoms with Crippen LogP contribution in [0.2, 0.25) is 0 Å². The van der Waals surface area contributed by atoms with Crippen LogP contribution in [0.1, 0.15) is 11.8 Å². The van der Waals surface area contributed by atoms with Crippen molar-refractivity contribution in [3.8, 4) is 0 Å². The summed E-state index contributed by atoms with van der Waals surface area (Å²) in [5.74, 6) is 0. The van der Waals surface area contributed by atoms with Crippen molar-refractivity contribution in [1.29, 1.82) is 0 Å². The highest BCUT2D eigenvalue weighted by Gasteiger charge is 2.45. The van der Waals surface area contributed by atoms with Crippen LogP contribution in [-0.4, -0.2) is 44.3 Å². The molecule has 3 rings (SSSR count). The molecule has 1 aliphatic heterocycles. The van der Waals surface area contributed by atoms with E-state index in [0.29, 0.717) is 0 Å². The number of hydrogen-bond acceptors (Lipinski definition) is 5. The number of alkyl halides is 1. The third-order valence-electron chi connectivity index (χ3n) is 4.03. The van der Waals surface area contributed by atoms with Gasteiger partial charge in [-0.2, -0.15) is 0 Å². The first-order valence-corrected chi connectivity index (χ1v) is 7.47. The molecule has 1 aromatic heterocycles. The fourth-order valence-corrected chi connectivity index (χ4v) is 2.72. The quantitative estimate of drug-likeness (QED) is 0.796. The second-order valence-corrected chi connectivity index (χ2v) is 5.60. The smallest absolute Gasteiger partial charge is 0.333 e. The molecule has 2 N–H and O–H groups in total. The Morgan fingerprint density at radius 2 is 1.88 bits per heavy atom. The van der Waals surface area contributed by atoms with Gasteiger partial charge in [-0.1, -0.05) is 30.3 Å². The average molecular weight is 336 g/mol. The number of hydrogen-bond donors (Lipinski definition) is 2. The molecule has 24 heavy (non-hydrogen) atoms. The van der Waals surface area contributed by atoms with Crippen LogP contribution < -0.4 is 11.2 Å². The van der Waals surface area contributed by atoms with Gasteiger partial charge in [0.05, 0.1) is 13.2 Å². The van der Waals surface area contributed by atoms with Crippen LogP contribution in [0.5, 0.6) is 0 Å². The van der Waals surface area contributed by atoms with E-state index >= 15 is 0 Å². The molecular weight excluding hydrogens is 319 g/mol. The number of ether oxygens (including phenoxy) is 1. The lowest BCUT2D eigenvalue weighted by molar-refractivity contribution is -0.0496. The molecule has 1 aromatic carbocycles. The maximum Gasteiger partial charge on any atom is 0.333 e. The number of aromatic nitrogens is 2. The van der Waals surface area contributed by atoms with Crippen molar-refractivity contribution in [3.05, 3.63) is 69.0 Å². The highest BCUT2D eigenvalue weighted by Crippen LogP contribution is 2.30. The predicted octanol–water partition coefficient (Wildman–Crippen LogP) is -0.353. The van der Waals surface area contributed by atoms with E-state index in [0.717, 1.165) is 27.0 Å². The predicted molar refractivity (Wildman–Crippen MR) is 82.4 cm³/mol. The first kappa shape index (κ1) is 16.6. The molecule has 0 amide bonds. The van der Waals surface area contributed by atoms with Gasteiger partial charge in [0, 0.05) is 12.3 Å². The summed E-state index contributed by atoms with van der Waals surface area (Å²) in [5.41, 5.74) is -0.524. The van der Waals surface area contributed by atoms with Gasteiger partial charge in [-0.25, -0.2) is 9.18 Å². The minimum atomic E-state index is -1.89. The third kappa shape index (κ3) is 2.91. The Bertz CT molecular complexity index is 819. The molecule has 4 atom stereocenters. The molecule has 2 aromatic rings. The van der Waals surface area contributed by atoms with Crippen LogP contribution in [0.4, 0.5) is 4.39 Å². The van der Waals surface area contributed by atoms with Crippen LogP contribution in [0, 0.1) is 0 Å². The summed E-state index contributed by atoms with van der Waals surface area (Å²) in [5, 5.41) is 18.8. The molecule has 1 aliphatic rings. The molecule has 1 saturated heterocycles. The van der Waals surface area contributed by atoms with Gasteiger partial charge in [0.2, 0.25) is 0 Å². The lowest BCUT2D eigenvalue weighted by Gasteiger charge is -2.17. The lowest BCUT2D eigenvalue weighted by atomic mass is 10.1. The van der Waals surface area contributed by atoms with E-state index in [-0.39, 0.29) is 6.54 Å². The third-order valence-corrected chi connectivity index (χ3v) is 4.03. The highest BCUT2D eigenvalue weighted by molar-refractivity contribution is 5.15. The monoisotopic (exact) mass is 336 g/mol. The fourth-order valence-electron chi connectivity index (χ4n) is 2.72. The van der Waals surface area contributed by atoms with Crippen LogP contribution in [0.3, 0.4) is 0 Å². The van der Waals surface area contributed by atoms with Crippen LogP contribution >= 0.6 is 0 Å². The van der Waals surface area contributed by atoms with Crippen molar-refractivity contribution in [2.75, 3.05) is 6.61 Å². The zero-order valence-electron chi connectivity index (χ0n) is 12.7. The number of rotatable bonds is 4. The highest BCUT2D eigenvalue weighted by atomic mass is 19.1. The van der Waals surface area contributed by atoms with Gasteiger partial charge in [-0.05, 0) is 5.56 Å². The molecule has 0 unspecified atom stereocenters. The Kier molecular flexibility index (Phi) is 4.61. The van der Waals surface area contributed by atoms with Gasteiger partial charge in [0.15, 0.2) is 12.4 Å². The SMILES string of the molecule is O=c1ccn([C@@H]2O[C@H](CO)[C@@H](O)[C@H]2F)c(=O)n1Cc1ccccc1. The summed E-state index contributed by atoms with van der Waals surface area (Å²) in [4.78, 5) is 24.6. The standard InChI is InChI=1S/C16H17FN2O5/c17-13-14(22)11(9-20)24-15(13)18-7-6-12(21)19(16(18)23)8-10-4-2-1-3-5-10/h1-7,11,13-15,20,22H,8-9H2/t11-,13-,14-,15-/m1/s1. The zero-order chi connectivity index (χ0) is 17.3. The summed E-state index contributed by atoms with van der Waals surface area (Å²) in [7, 11) is 0. The van der Waals surface area contributed by atoms with Crippen LogP contribution in [0.15, 0.2) is 52.2 Å². The molecule has 1 fully saturated rings. The maximum absolute atomic E-state index is 14.2. The van der Waals surface area contributed by atoms with Crippen LogP contribution in [-0.2, 0) is 11.3 Å². The van der Waals surface area contributed by atoms with E-state index in [4.69, 9.17) is 9.84 Å². The largest absolute Gasteiger partial charge is 0.394 e. The molecule has 0 radical (unpaired) electrons. The Morgan fingerprint density at radius 3 is 2.50 bits per heavy atom. The van der Waals surface area contributed by atoms with E-state index in [9.17, 15) is 19.1 Å². The van der Waals surface area contributed by atoms with Crippen molar-refractivity contribution >= 4 is 0 Å².